The van der Waals surface area contributed by atoms with E-state index in [-0.39, 0.29) is 9.76 Å². The Bertz CT molecular complexity index is 146. The summed E-state index contributed by atoms with van der Waals surface area (Å²) in [6, 6.07) is 1.01. The van der Waals surface area contributed by atoms with E-state index in [9.17, 15) is 0 Å². The van der Waals surface area contributed by atoms with E-state index < -0.39 is 0 Å². The van der Waals surface area contributed by atoms with Gasteiger partial charge in [-0.15, -0.1) is 0 Å². The van der Waals surface area contributed by atoms with E-state index in [0.29, 0.717) is 5.41 Å². The molecule has 0 aromatic heterocycles. The minimum Gasteiger partial charge on any atom is -0.432 e. The van der Waals surface area contributed by atoms with Crippen molar-refractivity contribution >= 4 is 9.76 Å². The van der Waals surface area contributed by atoms with E-state index in [1.807, 2.05) is 0 Å². The normalized spacial score (nSPS) is 12.0. The Morgan fingerprint density at radius 3 is 2.00 bits per heavy atom. The predicted molar refractivity (Wildman–Crippen MR) is 73.8 cm³/mol. The van der Waals surface area contributed by atoms with Crippen molar-refractivity contribution in [3.63, 3.8) is 0 Å². The summed E-state index contributed by atoms with van der Waals surface area (Å²) in [5.41, 5.74) is 0.550. The Morgan fingerprint density at radius 1 is 0.875 bits per heavy atom. The van der Waals surface area contributed by atoms with Gasteiger partial charge in [-0.25, -0.2) is 0 Å². The van der Waals surface area contributed by atoms with E-state index in [1.165, 1.54) is 57.8 Å². The third-order valence-electron chi connectivity index (χ3n) is 3.35. The summed E-state index contributed by atoms with van der Waals surface area (Å²) in [7, 11) is 0.159. The van der Waals surface area contributed by atoms with Crippen LogP contribution in [0.4, 0.5) is 0 Å². The molecular weight excluding hydrogens is 212 g/mol. The highest BCUT2D eigenvalue weighted by molar-refractivity contribution is 6.25. The van der Waals surface area contributed by atoms with Crippen molar-refractivity contribution in [3.8, 4) is 0 Å². The Hall–Kier alpha value is 0.177. The van der Waals surface area contributed by atoms with Crippen LogP contribution in [0, 0.1) is 5.41 Å². The van der Waals surface area contributed by atoms with Crippen molar-refractivity contribution in [1.29, 1.82) is 0 Å². The van der Waals surface area contributed by atoms with Crippen LogP contribution in [0.15, 0.2) is 0 Å². The van der Waals surface area contributed by atoms with Gasteiger partial charge in [0.1, 0.15) is 0 Å². The van der Waals surface area contributed by atoms with E-state index in [0.717, 1.165) is 6.04 Å². The first-order valence-corrected chi connectivity index (χ1v) is 8.15. The van der Waals surface area contributed by atoms with Gasteiger partial charge in [0, 0.05) is 0 Å². The first kappa shape index (κ1) is 16.2. The van der Waals surface area contributed by atoms with Crippen molar-refractivity contribution in [2.75, 3.05) is 0 Å². The monoisotopic (exact) mass is 242 g/mol. The minimum absolute atomic E-state index is 0.159. The van der Waals surface area contributed by atoms with E-state index in [2.05, 4.69) is 20.8 Å². The average Bonchev–Trinajstić information content (AvgIpc) is 2.23. The summed E-state index contributed by atoms with van der Waals surface area (Å²) in [4.78, 5) is 8.70. The Labute approximate surface area is 105 Å². The first-order chi connectivity index (χ1) is 7.62. The summed E-state index contributed by atoms with van der Waals surface area (Å²) in [6.07, 6.45) is 12.1. The van der Waals surface area contributed by atoms with Gasteiger partial charge in [-0.05, 0) is 24.3 Å². The Kier molecular flexibility index (Phi) is 10.5. The molecule has 2 radical (unpaired) electrons. The molecule has 0 amide bonds. The lowest BCUT2D eigenvalue weighted by Gasteiger charge is -2.24. The molecule has 0 atom stereocenters. The smallest absolute Gasteiger partial charge is 0.224 e. The molecule has 0 saturated carbocycles. The molecule has 0 aromatic rings. The van der Waals surface area contributed by atoms with Gasteiger partial charge in [0.25, 0.3) is 0 Å². The fraction of sp³-hybridized carbons (Fsp3) is 1.00. The quantitative estimate of drug-likeness (QED) is 0.415. The highest BCUT2D eigenvalue weighted by atomic mass is 28.2. The van der Waals surface area contributed by atoms with E-state index in [1.54, 1.807) is 0 Å². The van der Waals surface area contributed by atoms with Crippen molar-refractivity contribution in [2.24, 2.45) is 5.41 Å². The minimum atomic E-state index is 0.159. The molecular formula is C14H30OSi. The highest BCUT2D eigenvalue weighted by Crippen LogP contribution is 2.30. The molecule has 0 spiro atoms. The third-order valence-corrected chi connectivity index (χ3v) is 3.93. The largest absolute Gasteiger partial charge is 0.432 e. The van der Waals surface area contributed by atoms with Crippen molar-refractivity contribution in [3.05, 3.63) is 0 Å². The fourth-order valence-electron chi connectivity index (χ4n) is 2.14. The topological polar surface area (TPSA) is 20.2 Å². The lowest BCUT2D eigenvalue weighted by Crippen LogP contribution is -2.10. The third kappa shape index (κ3) is 10.7. The molecule has 0 unspecified atom stereocenters. The molecule has 2 heteroatoms. The maximum absolute atomic E-state index is 8.70. The fourth-order valence-corrected chi connectivity index (χ4v) is 2.55. The van der Waals surface area contributed by atoms with Crippen LogP contribution in [0.1, 0.15) is 78.6 Å². The molecule has 1 nitrogen and oxygen atoms in total. The average molecular weight is 242 g/mol. The molecule has 0 aliphatic heterocycles. The van der Waals surface area contributed by atoms with E-state index in [4.69, 9.17) is 4.80 Å². The lowest BCUT2D eigenvalue weighted by molar-refractivity contribution is 0.283. The van der Waals surface area contributed by atoms with Crippen LogP contribution < -0.4 is 0 Å². The molecule has 96 valence electrons. The van der Waals surface area contributed by atoms with Gasteiger partial charge in [0.05, 0.1) is 0 Å². The van der Waals surface area contributed by atoms with Gasteiger partial charge < -0.3 is 4.80 Å². The molecule has 0 fully saturated rings. The second-order valence-corrected chi connectivity index (χ2v) is 6.51. The zero-order valence-corrected chi connectivity index (χ0v) is 12.5. The summed E-state index contributed by atoms with van der Waals surface area (Å²) >= 11 is 0. The zero-order chi connectivity index (χ0) is 12.3. The predicted octanol–water partition coefficient (Wildman–Crippen LogP) is 4.57. The van der Waals surface area contributed by atoms with Crippen molar-refractivity contribution in [2.45, 2.75) is 84.6 Å². The molecule has 1 N–H and O–H groups in total. The molecule has 0 aliphatic carbocycles. The van der Waals surface area contributed by atoms with Gasteiger partial charge in [-0.2, -0.15) is 0 Å². The SMILES string of the molecule is CCCCCC(C)(C)CCCCCC[Si]O. The molecule has 0 rings (SSSR count). The molecule has 0 aliphatic rings. The first-order valence-electron chi connectivity index (χ1n) is 6.99. The maximum Gasteiger partial charge on any atom is 0.224 e. The summed E-state index contributed by atoms with van der Waals surface area (Å²) in [6.45, 7) is 7.10. The summed E-state index contributed by atoms with van der Waals surface area (Å²) in [5.74, 6) is 0. The second kappa shape index (κ2) is 10.3. The van der Waals surface area contributed by atoms with Gasteiger partial charge in [0.2, 0.25) is 9.76 Å². The van der Waals surface area contributed by atoms with Crippen molar-refractivity contribution in [1.82, 2.24) is 0 Å². The van der Waals surface area contributed by atoms with Crippen LogP contribution in [0.3, 0.4) is 0 Å². The standard InChI is InChI=1S/C14H30OSi/c1-4-5-8-11-14(2,3)12-9-6-7-10-13-16-15/h15H,4-13H2,1-3H3. The van der Waals surface area contributed by atoms with Gasteiger partial charge >= 0.3 is 0 Å². The summed E-state index contributed by atoms with van der Waals surface area (Å²) in [5, 5.41) is 0. The number of rotatable bonds is 11. The van der Waals surface area contributed by atoms with Gasteiger partial charge in [-0.3, -0.25) is 0 Å². The maximum atomic E-state index is 8.70. The Morgan fingerprint density at radius 2 is 1.44 bits per heavy atom. The van der Waals surface area contributed by atoms with Crippen molar-refractivity contribution < 1.29 is 4.80 Å². The molecule has 0 saturated heterocycles. The van der Waals surface area contributed by atoms with Crippen LogP contribution in [-0.2, 0) is 0 Å². The van der Waals surface area contributed by atoms with Gasteiger partial charge in [-0.1, -0.05) is 65.7 Å². The van der Waals surface area contributed by atoms with Crippen LogP contribution in [0.25, 0.3) is 0 Å². The molecule has 16 heavy (non-hydrogen) atoms. The molecule has 0 aromatic carbocycles. The van der Waals surface area contributed by atoms with Crippen LogP contribution in [0.5, 0.6) is 0 Å². The van der Waals surface area contributed by atoms with Gasteiger partial charge in [0.15, 0.2) is 0 Å². The van der Waals surface area contributed by atoms with Crippen LogP contribution in [0.2, 0.25) is 6.04 Å². The molecule has 0 bridgehead atoms. The lowest BCUT2D eigenvalue weighted by atomic mass is 9.82. The number of hydrogen-bond donors (Lipinski definition) is 1. The molecule has 0 heterocycles. The van der Waals surface area contributed by atoms with Crippen LogP contribution >= 0.6 is 0 Å². The Balaban J connectivity index is 3.35. The number of hydrogen-bond acceptors (Lipinski definition) is 1. The number of unbranched alkanes of at least 4 members (excludes halogenated alkanes) is 5. The highest BCUT2D eigenvalue weighted by Gasteiger charge is 2.16. The van der Waals surface area contributed by atoms with Crippen LogP contribution in [-0.4, -0.2) is 14.6 Å². The zero-order valence-electron chi connectivity index (χ0n) is 11.5. The second-order valence-electron chi connectivity index (χ2n) is 5.69. The summed E-state index contributed by atoms with van der Waals surface area (Å²) < 4.78 is 0. The van der Waals surface area contributed by atoms with E-state index >= 15 is 0 Å².